The van der Waals surface area contributed by atoms with Gasteiger partial charge in [-0.3, -0.25) is 19.7 Å². The highest BCUT2D eigenvalue weighted by Crippen LogP contribution is 2.33. The fourth-order valence-corrected chi connectivity index (χ4v) is 3.53. The van der Waals surface area contributed by atoms with Crippen LogP contribution in [0, 0.1) is 0 Å². The Kier molecular flexibility index (Phi) is 6.54. The van der Waals surface area contributed by atoms with Crippen LogP contribution in [0.5, 0.6) is 0 Å². The first-order chi connectivity index (χ1) is 14.0. The molecule has 0 saturated heterocycles. The third-order valence-electron chi connectivity index (χ3n) is 4.98. The van der Waals surface area contributed by atoms with Crippen molar-refractivity contribution in [1.82, 2.24) is 9.88 Å². The van der Waals surface area contributed by atoms with Gasteiger partial charge in [0.1, 0.15) is 6.23 Å². The van der Waals surface area contributed by atoms with Crippen molar-refractivity contribution in [3.8, 4) is 0 Å². The Labute approximate surface area is 170 Å². The number of fused-ring (bicyclic) bond motifs is 1. The largest absolute Gasteiger partial charge is 0.404 e. The number of hydrogen-bond donors (Lipinski definition) is 3. The van der Waals surface area contributed by atoms with Gasteiger partial charge in [0.15, 0.2) is 5.78 Å². The van der Waals surface area contributed by atoms with Gasteiger partial charge in [-0.05, 0) is 35.0 Å². The van der Waals surface area contributed by atoms with Gasteiger partial charge in [-0.1, -0.05) is 24.3 Å². The molecule has 29 heavy (non-hydrogen) atoms. The number of ketones is 1. The molecule has 0 fully saturated rings. The molecule has 0 radical (unpaired) electrons. The molecule has 5 N–H and O–H groups in total. The lowest BCUT2D eigenvalue weighted by molar-refractivity contribution is 0.0177. The van der Waals surface area contributed by atoms with Crippen molar-refractivity contribution in [3.05, 3.63) is 89.0 Å². The molecule has 0 spiro atoms. The molecule has 1 aliphatic rings. The van der Waals surface area contributed by atoms with Crippen LogP contribution in [-0.4, -0.2) is 46.8 Å². The normalized spacial score (nSPS) is 19.2. The Morgan fingerprint density at radius 2 is 2.14 bits per heavy atom. The van der Waals surface area contributed by atoms with Crippen LogP contribution in [-0.2, 0) is 6.54 Å². The zero-order valence-corrected chi connectivity index (χ0v) is 16.3. The maximum Gasteiger partial charge on any atom is 0.189 e. The molecule has 2 aromatic rings. The van der Waals surface area contributed by atoms with Crippen LogP contribution in [0.3, 0.4) is 0 Å². The van der Waals surface area contributed by atoms with Crippen molar-refractivity contribution in [1.29, 1.82) is 0 Å². The molecule has 1 aliphatic heterocycles. The van der Waals surface area contributed by atoms with E-state index in [4.69, 9.17) is 11.5 Å². The monoisotopic (exact) mass is 391 g/mol. The lowest BCUT2D eigenvalue weighted by atomic mass is 9.84. The van der Waals surface area contributed by atoms with E-state index in [-0.39, 0.29) is 17.4 Å². The second-order valence-electron chi connectivity index (χ2n) is 6.86. The standard InChI is InChI=1S/C22H25N5O2/c1-25-11-17(10-23)19-14-27(13-16-5-2-3-7-18(16)19)22(29)20(24)9-21(28)15-6-4-8-26-12-15/h2-12,19,22,29H,13-14,23-24H2,1H3/t19-,22?/m1/s1. The lowest BCUT2D eigenvalue weighted by Crippen LogP contribution is -2.44. The van der Waals surface area contributed by atoms with Crippen molar-refractivity contribution in [2.45, 2.75) is 18.7 Å². The molecule has 3 rings (SSSR count). The van der Waals surface area contributed by atoms with Gasteiger partial charge in [0.2, 0.25) is 0 Å². The highest BCUT2D eigenvalue weighted by Gasteiger charge is 2.31. The third-order valence-corrected chi connectivity index (χ3v) is 4.98. The van der Waals surface area contributed by atoms with E-state index in [0.717, 1.165) is 16.7 Å². The molecule has 1 aromatic carbocycles. The number of hydrogen-bond acceptors (Lipinski definition) is 7. The summed E-state index contributed by atoms with van der Waals surface area (Å²) in [6.45, 7) is 0.993. The smallest absolute Gasteiger partial charge is 0.189 e. The highest BCUT2D eigenvalue weighted by molar-refractivity contribution is 6.04. The van der Waals surface area contributed by atoms with E-state index in [1.165, 1.54) is 18.5 Å². The Hall–Kier alpha value is -3.29. The molecule has 0 bridgehead atoms. The Balaban J connectivity index is 1.87. The Bertz CT molecular complexity index is 953. The van der Waals surface area contributed by atoms with E-state index < -0.39 is 6.23 Å². The zero-order chi connectivity index (χ0) is 20.8. The summed E-state index contributed by atoms with van der Waals surface area (Å²) in [6, 6.07) is 11.3. The molecular formula is C22H25N5O2. The number of rotatable bonds is 6. The summed E-state index contributed by atoms with van der Waals surface area (Å²) in [6.07, 6.45) is 6.46. The molecule has 0 aliphatic carbocycles. The number of nitrogens with two attached hydrogens (primary N) is 2. The summed E-state index contributed by atoms with van der Waals surface area (Å²) in [5.41, 5.74) is 15.5. The van der Waals surface area contributed by atoms with Crippen LogP contribution in [0.2, 0.25) is 0 Å². The summed E-state index contributed by atoms with van der Waals surface area (Å²) in [5, 5.41) is 10.8. The summed E-state index contributed by atoms with van der Waals surface area (Å²) >= 11 is 0. The van der Waals surface area contributed by atoms with Crippen molar-refractivity contribution >= 4 is 12.0 Å². The first-order valence-corrected chi connectivity index (χ1v) is 9.30. The number of carbonyl (C=O) groups excluding carboxylic acids is 1. The van der Waals surface area contributed by atoms with Crippen LogP contribution in [0.15, 0.2) is 77.3 Å². The maximum atomic E-state index is 12.4. The molecule has 1 unspecified atom stereocenters. The second kappa shape index (κ2) is 9.27. The van der Waals surface area contributed by atoms with E-state index in [1.807, 2.05) is 23.1 Å². The van der Waals surface area contributed by atoms with Gasteiger partial charge in [0.25, 0.3) is 0 Å². The minimum Gasteiger partial charge on any atom is -0.404 e. The van der Waals surface area contributed by atoms with Gasteiger partial charge in [-0.2, -0.15) is 0 Å². The second-order valence-corrected chi connectivity index (χ2v) is 6.86. The van der Waals surface area contributed by atoms with Gasteiger partial charge in [-0.25, -0.2) is 0 Å². The number of nitrogens with zero attached hydrogens (tertiary/aromatic N) is 3. The average molecular weight is 391 g/mol. The number of aliphatic imine (C=N–C) groups is 1. The van der Waals surface area contributed by atoms with E-state index in [2.05, 4.69) is 16.0 Å². The third kappa shape index (κ3) is 4.59. The molecule has 1 aromatic heterocycles. The predicted octanol–water partition coefficient (Wildman–Crippen LogP) is 1.57. The Morgan fingerprint density at radius 1 is 1.34 bits per heavy atom. The number of pyridine rings is 1. The number of carbonyl (C=O) groups is 1. The van der Waals surface area contributed by atoms with E-state index >= 15 is 0 Å². The van der Waals surface area contributed by atoms with Gasteiger partial charge in [-0.15, -0.1) is 0 Å². The fourth-order valence-electron chi connectivity index (χ4n) is 3.53. The molecular weight excluding hydrogens is 366 g/mol. The molecule has 0 amide bonds. The maximum absolute atomic E-state index is 12.4. The molecule has 2 heterocycles. The van der Waals surface area contributed by atoms with Crippen molar-refractivity contribution in [2.75, 3.05) is 13.6 Å². The average Bonchev–Trinajstić information content (AvgIpc) is 2.76. The molecule has 7 nitrogen and oxygen atoms in total. The fraction of sp³-hybridized carbons (Fsp3) is 0.227. The van der Waals surface area contributed by atoms with Crippen LogP contribution >= 0.6 is 0 Å². The first-order valence-electron chi connectivity index (χ1n) is 9.30. The Morgan fingerprint density at radius 3 is 2.83 bits per heavy atom. The number of aliphatic hydroxyl groups excluding tert-OH is 1. The number of allylic oxidation sites excluding steroid dienone is 1. The van der Waals surface area contributed by atoms with Gasteiger partial charge in [0.05, 0.1) is 5.70 Å². The van der Waals surface area contributed by atoms with E-state index in [9.17, 15) is 9.90 Å². The summed E-state index contributed by atoms with van der Waals surface area (Å²) in [7, 11) is 1.69. The van der Waals surface area contributed by atoms with Crippen molar-refractivity contribution in [2.24, 2.45) is 16.5 Å². The van der Waals surface area contributed by atoms with Crippen LogP contribution in [0.1, 0.15) is 27.4 Å². The minimum absolute atomic E-state index is 0.0647. The summed E-state index contributed by atoms with van der Waals surface area (Å²) in [5.74, 6) is -0.366. The molecule has 7 heteroatoms. The number of aromatic nitrogens is 1. The van der Waals surface area contributed by atoms with E-state index in [1.54, 1.807) is 31.6 Å². The molecule has 0 saturated carbocycles. The summed E-state index contributed by atoms with van der Waals surface area (Å²) in [4.78, 5) is 22.2. The summed E-state index contributed by atoms with van der Waals surface area (Å²) < 4.78 is 0. The van der Waals surface area contributed by atoms with Gasteiger partial charge < -0.3 is 16.6 Å². The van der Waals surface area contributed by atoms with E-state index in [0.29, 0.717) is 18.7 Å². The highest BCUT2D eigenvalue weighted by atomic mass is 16.3. The van der Waals surface area contributed by atoms with Crippen LogP contribution in [0.4, 0.5) is 0 Å². The molecule has 2 atom stereocenters. The van der Waals surface area contributed by atoms with Gasteiger partial charge in [0, 0.05) is 56.3 Å². The topological polar surface area (TPSA) is 118 Å². The quantitative estimate of drug-likeness (QED) is 0.391. The minimum atomic E-state index is -1.11. The molecule has 150 valence electrons. The van der Waals surface area contributed by atoms with Crippen molar-refractivity contribution in [3.63, 3.8) is 0 Å². The SMILES string of the molecule is CN=CC(=CN)[C@H]1CN(C(O)C(N)=CC(=O)c2cccnc2)Cc2ccccc21. The lowest BCUT2D eigenvalue weighted by Gasteiger charge is -2.37. The van der Waals surface area contributed by atoms with Gasteiger partial charge >= 0.3 is 0 Å². The van der Waals surface area contributed by atoms with Crippen LogP contribution in [0.25, 0.3) is 0 Å². The van der Waals surface area contributed by atoms with Crippen LogP contribution < -0.4 is 11.5 Å². The number of aliphatic hydroxyl groups is 1. The zero-order valence-electron chi connectivity index (χ0n) is 16.3. The first kappa shape index (κ1) is 20.4. The number of benzene rings is 1. The van der Waals surface area contributed by atoms with Crippen molar-refractivity contribution < 1.29 is 9.90 Å². The predicted molar refractivity (Wildman–Crippen MR) is 113 cm³/mol.